The van der Waals surface area contributed by atoms with Gasteiger partial charge in [0, 0.05) is 7.05 Å². The summed E-state index contributed by atoms with van der Waals surface area (Å²) in [4.78, 5) is 4.36. The second kappa shape index (κ2) is 5.84. The van der Waals surface area contributed by atoms with E-state index in [9.17, 15) is 15.3 Å². The van der Waals surface area contributed by atoms with E-state index in [1.807, 2.05) is 0 Å². The molecule has 0 amide bonds. The first kappa shape index (κ1) is 15.8. The Hall–Kier alpha value is -1.09. The average Bonchev–Trinajstić information content (AvgIpc) is 2.98. The number of aromatic nitrogens is 2. The molecule has 0 saturated carbocycles. The number of nitrogens with one attached hydrogen (secondary N) is 1. The standard InChI is InChI=1S/C13H15Cl2N3O4/c1-16-13-17-7-2-5(14)6(15)3-8(7)18(13)12-11(21)10(20)9(4-19)22-12/h2-3,9-12,19-21H,4H2,1H3,(H,16,17)/t9-,10+,11+,12-/m1/s1. The monoisotopic (exact) mass is 347 g/mol. The number of nitrogens with zero attached hydrogens (tertiary/aromatic N) is 2. The van der Waals surface area contributed by atoms with Crippen molar-refractivity contribution >= 4 is 40.2 Å². The third kappa shape index (κ3) is 2.34. The summed E-state index contributed by atoms with van der Waals surface area (Å²) < 4.78 is 7.14. The van der Waals surface area contributed by atoms with Crippen LogP contribution in [0.15, 0.2) is 12.1 Å². The number of hydrogen-bond acceptors (Lipinski definition) is 6. The van der Waals surface area contributed by atoms with Crippen LogP contribution in [-0.4, -0.2) is 56.8 Å². The van der Waals surface area contributed by atoms with Gasteiger partial charge in [0.2, 0.25) is 5.95 Å². The highest BCUT2D eigenvalue weighted by Gasteiger charge is 2.44. The van der Waals surface area contributed by atoms with Gasteiger partial charge in [-0.05, 0) is 12.1 Å². The Bertz CT molecular complexity index is 708. The van der Waals surface area contributed by atoms with E-state index in [4.69, 9.17) is 27.9 Å². The number of ether oxygens (including phenoxy) is 1. The van der Waals surface area contributed by atoms with E-state index in [-0.39, 0.29) is 0 Å². The summed E-state index contributed by atoms with van der Waals surface area (Å²) >= 11 is 12.0. The van der Waals surface area contributed by atoms with Crippen molar-refractivity contribution in [2.24, 2.45) is 0 Å². The molecule has 4 atom stereocenters. The fourth-order valence-corrected chi connectivity index (χ4v) is 2.93. The summed E-state index contributed by atoms with van der Waals surface area (Å²) in [7, 11) is 1.67. The Balaban J connectivity index is 2.15. The van der Waals surface area contributed by atoms with Crippen LogP contribution < -0.4 is 5.32 Å². The van der Waals surface area contributed by atoms with Gasteiger partial charge in [-0.25, -0.2) is 4.98 Å². The van der Waals surface area contributed by atoms with Crippen LogP contribution in [0.1, 0.15) is 6.23 Å². The molecule has 120 valence electrons. The molecule has 1 aliphatic rings. The number of rotatable bonds is 3. The molecule has 2 aromatic rings. The summed E-state index contributed by atoms with van der Waals surface area (Å²) in [6.45, 7) is -0.400. The Kier molecular flexibility index (Phi) is 4.19. The van der Waals surface area contributed by atoms with Crippen LogP contribution in [0.4, 0.5) is 5.95 Å². The van der Waals surface area contributed by atoms with E-state index in [1.165, 1.54) is 0 Å². The van der Waals surface area contributed by atoms with Crippen LogP contribution in [0.25, 0.3) is 11.0 Å². The molecule has 3 rings (SSSR count). The molecule has 0 aliphatic carbocycles. The molecule has 1 aromatic heterocycles. The summed E-state index contributed by atoms with van der Waals surface area (Å²) in [5.41, 5.74) is 1.16. The van der Waals surface area contributed by atoms with Crippen LogP contribution in [-0.2, 0) is 4.74 Å². The Morgan fingerprint density at radius 3 is 2.55 bits per heavy atom. The fourth-order valence-electron chi connectivity index (χ4n) is 2.62. The minimum Gasteiger partial charge on any atom is -0.394 e. The zero-order valence-electron chi connectivity index (χ0n) is 11.6. The van der Waals surface area contributed by atoms with E-state index in [2.05, 4.69) is 10.3 Å². The molecule has 1 fully saturated rings. The molecule has 4 N–H and O–H groups in total. The van der Waals surface area contributed by atoms with Crippen molar-refractivity contribution in [1.29, 1.82) is 0 Å². The van der Waals surface area contributed by atoms with Gasteiger partial charge in [0.1, 0.15) is 18.3 Å². The van der Waals surface area contributed by atoms with Gasteiger partial charge in [-0.1, -0.05) is 23.2 Å². The zero-order valence-corrected chi connectivity index (χ0v) is 13.1. The smallest absolute Gasteiger partial charge is 0.205 e. The average molecular weight is 348 g/mol. The third-order valence-corrected chi connectivity index (χ3v) is 4.45. The zero-order chi connectivity index (χ0) is 16.0. The van der Waals surface area contributed by atoms with Gasteiger partial charge in [0.25, 0.3) is 0 Å². The molecule has 2 heterocycles. The van der Waals surface area contributed by atoms with Crippen molar-refractivity contribution in [3.05, 3.63) is 22.2 Å². The van der Waals surface area contributed by atoms with Crippen LogP contribution in [0, 0.1) is 0 Å². The highest BCUT2D eigenvalue weighted by molar-refractivity contribution is 6.42. The second-order valence-electron chi connectivity index (χ2n) is 5.04. The predicted molar refractivity (Wildman–Crippen MR) is 82.3 cm³/mol. The normalized spacial score (nSPS) is 28.5. The fraction of sp³-hybridized carbons (Fsp3) is 0.462. The van der Waals surface area contributed by atoms with Crippen molar-refractivity contribution in [2.45, 2.75) is 24.5 Å². The Morgan fingerprint density at radius 1 is 1.27 bits per heavy atom. The molecule has 1 aliphatic heterocycles. The number of aliphatic hydroxyl groups is 3. The maximum Gasteiger partial charge on any atom is 0.205 e. The molecule has 0 radical (unpaired) electrons. The minimum atomic E-state index is -1.21. The van der Waals surface area contributed by atoms with Crippen molar-refractivity contribution in [1.82, 2.24) is 9.55 Å². The number of halogens is 2. The molecule has 1 saturated heterocycles. The number of fused-ring (bicyclic) bond motifs is 1. The summed E-state index contributed by atoms with van der Waals surface area (Å²) in [6.07, 6.45) is -4.18. The van der Waals surface area contributed by atoms with Crippen molar-refractivity contribution < 1.29 is 20.1 Å². The molecular formula is C13H15Cl2N3O4. The molecule has 9 heteroatoms. The highest BCUT2D eigenvalue weighted by Crippen LogP contribution is 2.37. The van der Waals surface area contributed by atoms with Crippen LogP contribution >= 0.6 is 23.2 Å². The van der Waals surface area contributed by atoms with Crippen molar-refractivity contribution in [2.75, 3.05) is 19.0 Å². The van der Waals surface area contributed by atoms with Gasteiger partial charge in [0.15, 0.2) is 6.23 Å². The number of anilines is 1. The quantitative estimate of drug-likeness (QED) is 0.660. The van der Waals surface area contributed by atoms with Crippen LogP contribution in [0.2, 0.25) is 10.0 Å². The van der Waals surface area contributed by atoms with Gasteiger partial charge < -0.3 is 25.4 Å². The number of aliphatic hydroxyl groups excluding tert-OH is 3. The number of imidazole rings is 1. The van der Waals surface area contributed by atoms with Crippen molar-refractivity contribution in [3.63, 3.8) is 0 Å². The van der Waals surface area contributed by atoms with E-state index in [0.717, 1.165) is 0 Å². The third-order valence-electron chi connectivity index (χ3n) is 3.73. The molecule has 22 heavy (non-hydrogen) atoms. The first-order valence-corrected chi connectivity index (χ1v) is 7.40. The maximum absolute atomic E-state index is 10.2. The molecular weight excluding hydrogens is 333 g/mol. The largest absolute Gasteiger partial charge is 0.394 e. The molecule has 7 nitrogen and oxygen atoms in total. The van der Waals surface area contributed by atoms with Crippen LogP contribution in [0.3, 0.4) is 0 Å². The summed E-state index contributed by atoms with van der Waals surface area (Å²) in [6, 6.07) is 3.22. The second-order valence-corrected chi connectivity index (χ2v) is 5.85. The summed E-state index contributed by atoms with van der Waals surface area (Å²) in [5, 5.41) is 33.0. The number of hydrogen-bond donors (Lipinski definition) is 4. The lowest BCUT2D eigenvalue weighted by Crippen LogP contribution is -2.33. The lowest BCUT2D eigenvalue weighted by molar-refractivity contribution is -0.0499. The van der Waals surface area contributed by atoms with Gasteiger partial charge >= 0.3 is 0 Å². The van der Waals surface area contributed by atoms with Gasteiger partial charge in [0.05, 0.1) is 27.7 Å². The molecule has 0 unspecified atom stereocenters. The first-order valence-electron chi connectivity index (χ1n) is 6.65. The maximum atomic E-state index is 10.2. The van der Waals surface area contributed by atoms with Gasteiger partial charge in [-0.3, -0.25) is 4.57 Å². The van der Waals surface area contributed by atoms with E-state index >= 15 is 0 Å². The van der Waals surface area contributed by atoms with E-state index in [0.29, 0.717) is 27.0 Å². The topological polar surface area (TPSA) is 99.8 Å². The summed E-state index contributed by atoms with van der Waals surface area (Å²) in [5.74, 6) is 0.420. The first-order chi connectivity index (χ1) is 10.5. The van der Waals surface area contributed by atoms with Gasteiger partial charge in [-0.15, -0.1) is 0 Å². The van der Waals surface area contributed by atoms with Crippen molar-refractivity contribution in [3.8, 4) is 0 Å². The lowest BCUT2D eigenvalue weighted by atomic mass is 10.1. The molecule has 0 spiro atoms. The van der Waals surface area contributed by atoms with E-state index < -0.39 is 31.1 Å². The predicted octanol–water partition coefficient (Wildman–Crippen LogP) is 0.996. The Labute approximate surface area is 136 Å². The lowest BCUT2D eigenvalue weighted by Gasteiger charge is -2.19. The molecule has 0 bridgehead atoms. The number of benzene rings is 1. The molecule has 1 aromatic carbocycles. The SMILES string of the molecule is CNc1nc2cc(Cl)c(Cl)cc2n1[C@@H]1O[C@H](CO)[C@H](O)[C@@H]1O. The van der Waals surface area contributed by atoms with Gasteiger partial charge in [-0.2, -0.15) is 0 Å². The Morgan fingerprint density at radius 2 is 1.95 bits per heavy atom. The highest BCUT2D eigenvalue weighted by atomic mass is 35.5. The minimum absolute atomic E-state index is 0.338. The van der Waals surface area contributed by atoms with E-state index in [1.54, 1.807) is 23.7 Å². The van der Waals surface area contributed by atoms with Crippen LogP contribution in [0.5, 0.6) is 0 Å².